The number of carbonyl (C=O) groups excluding carboxylic acids is 2. The van der Waals surface area contributed by atoms with E-state index in [0.717, 1.165) is 7.11 Å². The van der Waals surface area contributed by atoms with Gasteiger partial charge >= 0.3 is 11.9 Å². The van der Waals surface area contributed by atoms with E-state index in [9.17, 15) is 9.59 Å². The van der Waals surface area contributed by atoms with Crippen LogP contribution in [0.4, 0.5) is 0 Å². The third-order valence-electron chi connectivity index (χ3n) is 1.75. The van der Waals surface area contributed by atoms with Crippen molar-refractivity contribution in [2.24, 2.45) is 5.10 Å². The van der Waals surface area contributed by atoms with Crippen molar-refractivity contribution in [1.82, 2.24) is 5.43 Å². The SMILES string of the molecule is CNN=C(C(=O)OC)C(=O)Oc1ccccc1. The average Bonchev–Trinajstić information content (AvgIpc) is 2.36. The van der Waals surface area contributed by atoms with E-state index in [2.05, 4.69) is 15.3 Å². The lowest BCUT2D eigenvalue weighted by Crippen LogP contribution is -2.31. The molecule has 6 heteroatoms. The van der Waals surface area contributed by atoms with Crippen molar-refractivity contribution >= 4 is 17.7 Å². The van der Waals surface area contributed by atoms with E-state index in [1.54, 1.807) is 30.3 Å². The summed E-state index contributed by atoms with van der Waals surface area (Å²) in [4.78, 5) is 22.8. The van der Waals surface area contributed by atoms with Crippen molar-refractivity contribution in [3.05, 3.63) is 30.3 Å². The molecule has 0 fully saturated rings. The van der Waals surface area contributed by atoms with Crippen molar-refractivity contribution in [2.45, 2.75) is 0 Å². The Balaban J connectivity index is 2.80. The molecular weight excluding hydrogens is 224 g/mol. The molecule has 0 amide bonds. The quantitative estimate of drug-likeness (QED) is 0.268. The van der Waals surface area contributed by atoms with Gasteiger partial charge in [0.1, 0.15) is 5.75 Å². The second kappa shape index (κ2) is 6.26. The molecule has 0 saturated heterocycles. The summed E-state index contributed by atoms with van der Waals surface area (Å²) in [6.45, 7) is 0. The molecule has 0 unspecified atom stereocenters. The van der Waals surface area contributed by atoms with Crippen LogP contribution in [-0.4, -0.2) is 31.8 Å². The van der Waals surface area contributed by atoms with Gasteiger partial charge < -0.3 is 14.9 Å². The zero-order valence-electron chi connectivity index (χ0n) is 9.47. The summed E-state index contributed by atoms with van der Waals surface area (Å²) in [5, 5.41) is 3.51. The Morgan fingerprint density at radius 3 is 2.35 bits per heavy atom. The van der Waals surface area contributed by atoms with E-state index in [0.29, 0.717) is 5.75 Å². The molecule has 1 aromatic rings. The summed E-state index contributed by atoms with van der Waals surface area (Å²) < 4.78 is 9.35. The van der Waals surface area contributed by atoms with E-state index < -0.39 is 17.7 Å². The largest absolute Gasteiger partial charge is 0.464 e. The minimum Gasteiger partial charge on any atom is -0.464 e. The highest BCUT2D eigenvalue weighted by molar-refractivity contribution is 6.62. The number of rotatable bonds is 4. The molecule has 0 saturated carbocycles. The van der Waals surface area contributed by atoms with Gasteiger partial charge in [-0.15, -0.1) is 0 Å². The number of methoxy groups -OCH3 is 1. The van der Waals surface area contributed by atoms with Gasteiger partial charge in [0, 0.05) is 7.05 Å². The van der Waals surface area contributed by atoms with E-state index in [1.165, 1.54) is 7.05 Å². The highest BCUT2D eigenvalue weighted by Gasteiger charge is 2.23. The predicted molar refractivity (Wildman–Crippen MR) is 60.6 cm³/mol. The monoisotopic (exact) mass is 236 g/mol. The number of hydrogen-bond acceptors (Lipinski definition) is 6. The van der Waals surface area contributed by atoms with Crippen LogP contribution in [-0.2, 0) is 14.3 Å². The number of esters is 2. The third kappa shape index (κ3) is 3.60. The van der Waals surface area contributed by atoms with Crippen LogP contribution in [0.15, 0.2) is 35.4 Å². The maximum Gasteiger partial charge on any atom is 0.371 e. The molecule has 0 atom stereocenters. The van der Waals surface area contributed by atoms with Crippen molar-refractivity contribution in [2.75, 3.05) is 14.2 Å². The molecule has 1 rings (SSSR count). The standard InChI is InChI=1S/C11H12N2O4/c1-12-13-9(10(14)16-2)11(15)17-8-6-4-3-5-7-8/h3-7,12H,1-2H3. The van der Waals surface area contributed by atoms with Gasteiger partial charge in [0.2, 0.25) is 0 Å². The Labute approximate surface area is 98.2 Å². The zero-order chi connectivity index (χ0) is 12.7. The first-order valence-corrected chi connectivity index (χ1v) is 4.79. The Bertz CT molecular complexity index is 428. The topological polar surface area (TPSA) is 77.0 Å². The first kappa shape index (κ1) is 12.7. The zero-order valence-corrected chi connectivity index (χ0v) is 9.47. The molecule has 0 radical (unpaired) electrons. The summed E-state index contributed by atoms with van der Waals surface area (Å²) in [5.41, 5.74) is 1.89. The van der Waals surface area contributed by atoms with E-state index >= 15 is 0 Å². The summed E-state index contributed by atoms with van der Waals surface area (Å²) >= 11 is 0. The fraction of sp³-hybridized carbons (Fsp3) is 0.182. The van der Waals surface area contributed by atoms with Crippen LogP contribution < -0.4 is 10.2 Å². The Morgan fingerprint density at radius 1 is 1.18 bits per heavy atom. The number of nitrogens with one attached hydrogen (secondary N) is 1. The van der Waals surface area contributed by atoms with E-state index in [-0.39, 0.29) is 0 Å². The minimum absolute atomic E-state index is 0.324. The molecule has 17 heavy (non-hydrogen) atoms. The van der Waals surface area contributed by atoms with Gasteiger partial charge in [0.25, 0.3) is 5.71 Å². The van der Waals surface area contributed by atoms with Crippen molar-refractivity contribution in [3.63, 3.8) is 0 Å². The number of hydrazone groups is 1. The third-order valence-corrected chi connectivity index (χ3v) is 1.75. The van der Waals surface area contributed by atoms with Crippen LogP contribution in [0.5, 0.6) is 5.75 Å². The van der Waals surface area contributed by atoms with Crippen molar-refractivity contribution < 1.29 is 19.1 Å². The molecule has 1 aromatic carbocycles. The summed E-state index contributed by atoms with van der Waals surface area (Å²) in [5.74, 6) is -1.41. The van der Waals surface area contributed by atoms with Crippen LogP contribution in [0, 0.1) is 0 Å². The molecule has 0 spiro atoms. The molecule has 0 bridgehead atoms. The van der Waals surface area contributed by atoms with E-state index in [4.69, 9.17) is 4.74 Å². The van der Waals surface area contributed by atoms with E-state index in [1.807, 2.05) is 0 Å². The Kier molecular flexibility index (Phi) is 4.68. The molecule has 0 aliphatic heterocycles. The highest BCUT2D eigenvalue weighted by atomic mass is 16.6. The molecule has 0 heterocycles. The number of carbonyl (C=O) groups is 2. The van der Waals surface area contributed by atoms with Crippen LogP contribution in [0.3, 0.4) is 0 Å². The molecular formula is C11H12N2O4. The van der Waals surface area contributed by atoms with Gasteiger partial charge in [0.15, 0.2) is 0 Å². The summed E-state index contributed by atoms with van der Waals surface area (Å²) in [6, 6.07) is 8.36. The first-order chi connectivity index (χ1) is 8.19. The van der Waals surface area contributed by atoms with Crippen LogP contribution >= 0.6 is 0 Å². The molecule has 0 aromatic heterocycles. The van der Waals surface area contributed by atoms with Crippen LogP contribution in [0.25, 0.3) is 0 Å². The highest BCUT2D eigenvalue weighted by Crippen LogP contribution is 2.08. The van der Waals surface area contributed by atoms with Gasteiger partial charge in [-0.3, -0.25) is 0 Å². The second-order valence-corrected chi connectivity index (χ2v) is 2.88. The first-order valence-electron chi connectivity index (χ1n) is 4.79. The van der Waals surface area contributed by atoms with Crippen LogP contribution in [0.1, 0.15) is 0 Å². The fourth-order valence-corrected chi connectivity index (χ4v) is 1.03. The lowest BCUT2D eigenvalue weighted by molar-refractivity contribution is -0.135. The minimum atomic E-state index is -0.877. The number of para-hydroxylation sites is 1. The second-order valence-electron chi connectivity index (χ2n) is 2.88. The lowest BCUT2D eigenvalue weighted by atomic mass is 10.3. The fourth-order valence-electron chi connectivity index (χ4n) is 1.03. The Morgan fingerprint density at radius 2 is 1.82 bits per heavy atom. The van der Waals surface area contributed by atoms with Crippen molar-refractivity contribution in [1.29, 1.82) is 0 Å². The average molecular weight is 236 g/mol. The maximum atomic E-state index is 11.6. The predicted octanol–water partition coefficient (Wildman–Crippen LogP) is 0.340. The van der Waals surface area contributed by atoms with Crippen molar-refractivity contribution in [3.8, 4) is 5.75 Å². The molecule has 0 aliphatic rings. The van der Waals surface area contributed by atoms with Gasteiger partial charge in [-0.25, -0.2) is 9.59 Å². The molecule has 90 valence electrons. The summed E-state index contributed by atoms with van der Waals surface area (Å²) in [6.07, 6.45) is 0. The Hall–Kier alpha value is -2.37. The van der Waals surface area contributed by atoms with Crippen LogP contribution in [0.2, 0.25) is 0 Å². The number of hydrogen-bond donors (Lipinski definition) is 1. The van der Waals surface area contributed by atoms with Gasteiger partial charge in [-0.05, 0) is 12.1 Å². The number of nitrogens with zero attached hydrogens (tertiary/aromatic N) is 1. The number of ether oxygens (including phenoxy) is 2. The maximum absolute atomic E-state index is 11.6. The van der Waals surface area contributed by atoms with Gasteiger partial charge in [-0.1, -0.05) is 18.2 Å². The van der Waals surface area contributed by atoms with Gasteiger partial charge in [-0.2, -0.15) is 5.10 Å². The normalized spacial score (nSPS) is 10.6. The lowest BCUT2D eigenvalue weighted by Gasteiger charge is -2.05. The van der Waals surface area contributed by atoms with Gasteiger partial charge in [0.05, 0.1) is 7.11 Å². The molecule has 0 aliphatic carbocycles. The summed E-state index contributed by atoms with van der Waals surface area (Å²) in [7, 11) is 2.61. The molecule has 1 N–H and O–H groups in total. The smallest absolute Gasteiger partial charge is 0.371 e. The number of benzene rings is 1. The molecule has 6 nitrogen and oxygen atoms in total.